The quantitative estimate of drug-likeness (QED) is 0.755. The maximum atomic E-state index is 12.2. The van der Waals surface area contributed by atoms with E-state index in [9.17, 15) is 9.59 Å². The number of carboxylic acid groups (broad SMARTS) is 1. The first-order chi connectivity index (χ1) is 9.52. The van der Waals surface area contributed by atoms with Crippen LogP contribution < -0.4 is 11.1 Å². The van der Waals surface area contributed by atoms with Gasteiger partial charge in [-0.25, -0.2) is 4.79 Å². The number of nitrogens with one attached hydrogen (secondary N) is 1. The molecule has 0 spiro atoms. The molecule has 1 aromatic carbocycles. The highest BCUT2D eigenvalue weighted by Crippen LogP contribution is 2.23. The van der Waals surface area contributed by atoms with Gasteiger partial charge >= 0.3 is 5.97 Å². The van der Waals surface area contributed by atoms with E-state index in [1.54, 1.807) is 0 Å². The highest BCUT2D eigenvalue weighted by molar-refractivity contribution is 7.12. The van der Waals surface area contributed by atoms with Crippen molar-refractivity contribution in [1.82, 2.24) is 0 Å². The second-order valence-corrected chi connectivity index (χ2v) is 5.11. The number of carboxylic acids is 1. The summed E-state index contributed by atoms with van der Waals surface area (Å²) in [6.07, 6.45) is 0.777. The van der Waals surface area contributed by atoms with Crippen LogP contribution in [0.25, 0.3) is 0 Å². The van der Waals surface area contributed by atoms with Crippen molar-refractivity contribution in [2.75, 3.05) is 11.1 Å². The molecule has 20 heavy (non-hydrogen) atoms. The van der Waals surface area contributed by atoms with Crippen LogP contribution in [0.2, 0.25) is 0 Å². The Morgan fingerprint density at radius 2 is 2.10 bits per heavy atom. The third kappa shape index (κ3) is 2.80. The van der Waals surface area contributed by atoms with Gasteiger partial charge in [0.15, 0.2) is 0 Å². The van der Waals surface area contributed by atoms with Crippen LogP contribution in [0.5, 0.6) is 0 Å². The van der Waals surface area contributed by atoms with Gasteiger partial charge in [0.2, 0.25) is 0 Å². The Bertz CT molecular complexity index is 664. The molecule has 2 aromatic rings. The van der Waals surface area contributed by atoms with E-state index in [1.807, 2.05) is 18.4 Å². The Balaban J connectivity index is 2.22. The second-order valence-electron chi connectivity index (χ2n) is 4.19. The minimum atomic E-state index is -1.05. The number of aryl methyl sites for hydroxylation is 1. The molecule has 0 unspecified atom stereocenters. The van der Waals surface area contributed by atoms with E-state index in [0.717, 1.165) is 12.0 Å². The Labute approximate surface area is 120 Å². The molecule has 6 heteroatoms. The molecule has 0 aliphatic rings. The Morgan fingerprint density at radius 1 is 1.35 bits per heavy atom. The molecule has 5 nitrogen and oxygen atoms in total. The zero-order valence-corrected chi connectivity index (χ0v) is 11.7. The molecule has 1 heterocycles. The molecule has 2 rings (SSSR count). The smallest absolute Gasteiger partial charge is 0.335 e. The van der Waals surface area contributed by atoms with E-state index in [0.29, 0.717) is 10.6 Å². The number of anilines is 2. The number of aromatic carboxylic acids is 1. The molecule has 1 aromatic heterocycles. The number of carbonyl (C=O) groups is 2. The van der Waals surface area contributed by atoms with Crippen LogP contribution in [0.1, 0.15) is 32.5 Å². The van der Waals surface area contributed by atoms with Crippen LogP contribution in [0, 0.1) is 0 Å². The predicted molar refractivity (Wildman–Crippen MR) is 79.5 cm³/mol. The minimum absolute atomic E-state index is 0.0888. The first-order valence-corrected chi connectivity index (χ1v) is 6.91. The summed E-state index contributed by atoms with van der Waals surface area (Å²) in [5, 5.41) is 13.4. The summed E-state index contributed by atoms with van der Waals surface area (Å²) in [4.78, 5) is 23.6. The van der Waals surface area contributed by atoms with Gasteiger partial charge in [0.25, 0.3) is 5.91 Å². The zero-order valence-electron chi connectivity index (χ0n) is 10.8. The molecule has 0 saturated carbocycles. The van der Waals surface area contributed by atoms with Crippen molar-refractivity contribution in [2.45, 2.75) is 13.3 Å². The van der Waals surface area contributed by atoms with Gasteiger partial charge < -0.3 is 16.2 Å². The van der Waals surface area contributed by atoms with Gasteiger partial charge in [-0.15, -0.1) is 11.3 Å². The number of thiophene rings is 1. The van der Waals surface area contributed by atoms with Gasteiger partial charge in [-0.1, -0.05) is 6.92 Å². The number of nitrogen functional groups attached to an aromatic ring is 1. The third-order valence-corrected chi connectivity index (χ3v) is 3.84. The van der Waals surface area contributed by atoms with Gasteiger partial charge in [-0.2, -0.15) is 0 Å². The van der Waals surface area contributed by atoms with E-state index in [2.05, 4.69) is 5.32 Å². The van der Waals surface area contributed by atoms with Crippen molar-refractivity contribution >= 4 is 34.6 Å². The molecule has 104 valence electrons. The molecular weight excluding hydrogens is 276 g/mol. The number of nitrogens with two attached hydrogens (primary N) is 1. The first kappa shape index (κ1) is 14.1. The monoisotopic (exact) mass is 290 g/mol. The van der Waals surface area contributed by atoms with E-state index >= 15 is 0 Å². The van der Waals surface area contributed by atoms with Gasteiger partial charge in [0, 0.05) is 0 Å². The van der Waals surface area contributed by atoms with Crippen LogP contribution in [-0.4, -0.2) is 17.0 Å². The summed E-state index contributed by atoms with van der Waals surface area (Å²) < 4.78 is 0. The van der Waals surface area contributed by atoms with Crippen LogP contribution in [0.15, 0.2) is 29.6 Å². The average Bonchev–Trinajstić information content (AvgIpc) is 2.89. The Hall–Kier alpha value is -2.34. The molecule has 0 radical (unpaired) electrons. The number of rotatable bonds is 4. The first-order valence-electron chi connectivity index (χ1n) is 6.03. The van der Waals surface area contributed by atoms with Crippen molar-refractivity contribution in [3.63, 3.8) is 0 Å². The molecule has 0 aliphatic heterocycles. The number of carbonyl (C=O) groups excluding carboxylic acids is 1. The summed E-state index contributed by atoms with van der Waals surface area (Å²) in [5.41, 5.74) is 7.47. The maximum absolute atomic E-state index is 12.2. The summed E-state index contributed by atoms with van der Waals surface area (Å²) in [5.74, 6) is -1.28. The van der Waals surface area contributed by atoms with Crippen molar-refractivity contribution < 1.29 is 14.7 Å². The number of hydrogen-bond acceptors (Lipinski definition) is 4. The number of hydrogen-bond donors (Lipinski definition) is 3. The fraction of sp³-hybridized carbons (Fsp3) is 0.143. The lowest BCUT2D eigenvalue weighted by atomic mass is 10.1. The topological polar surface area (TPSA) is 92.4 Å². The van der Waals surface area contributed by atoms with Gasteiger partial charge in [-0.3, -0.25) is 4.79 Å². The molecule has 0 bridgehead atoms. The standard InChI is InChI=1S/C14H14N2O3S/c1-2-8-5-6-20-12(8)13(17)16-11-4-3-9(14(18)19)7-10(11)15/h3-7H,2,15H2,1H3,(H,16,17)(H,18,19). The summed E-state index contributed by atoms with van der Waals surface area (Å²) in [6.45, 7) is 1.98. The van der Waals surface area contributed by atoms with E-state index in [4.69, 9.17) is 10.8 Å². The van der Waals surface area contributed by atoms with Crippen molar-refractivity contribution in [2.24, 2.45) is 0 Å². The molecule has 0 aliphatic carbocycles. The van der Waals surface area contributed by atoms with Crippen molar-refractivity contribution in [3.8, 4) is 0 Å². The van der Waals surface area contributed by atoms with E-state index in [-0.39, 0.29) is 17.2 Å². The second kappa shape index (κ2) is 5.75. The normalized spacial score (nSPS) is 10.2. The van der Waals surface area contributed by atoms with E-state index < -0.39 is 5.97 Å². The molecule has 1 amide bonds. The van der Waals surface area contributed by atoms with Gasteiger partial charge in [0.1, 0.15) is 0 Å². The SMILES string of the molecule is CCc1ccsc1C(=O)Nc1ccc(C(=O)O)cc1N. The largest absolute Gasteiger partial charge is 0.478 e. The van der Waals surface area contributed by atoms with Crippen molar-refractivity contribution in [1.29, 1.82) is 0 Å². The molecule has 0 atom stereocenters. The fourth-order valence-electron chi connectivity index (χ4n) is 1.80. The molecule has 0 fully saturated rings. The molecule has 4 N–H and O–H groups in total. The summed E-state index contributed by atoms with van der Waals surface area (Å²) >= 11 is 1.37. The highest BCUT2D eigenvalue weighted by Gasteiger charge is 2.14. The van der Waals surface area contributed by atoms with Gasteiger partial charge in [-0.05, 0) is 41.6 Å². The van der Waals surface area contributed by atoms with Crippen LogP contribution in [-0.2, 0) is 6.42 Å². The zero-order chi connectivity index (χ0) is 14.7. The number of amides is 1. The molecular formula is C14H14N2O3S. The third-order valence-electron chi connectivity index (χ3n) is 2.88. The van der Waals surface area contributed by atoms with Crippen molar-refractivity contribution in [3.05, 3.63) is 45.6 Å². The Morgan fingerprint density at radius 3 is 2.70 bits per heavy atom. The molecule has 0 saturated heterocycles. The van der Waals surface area contributed by atoms with E-state index in [1.165, 1.54) is 29.5 Å². The van der Waals surface area contributed by atoms with Crippen LogP contribution >= 0.6 is 11.3 Å². The summed E-state index contributed by atoms with van der Waals surface area (Å²) in [6, 6.07) is 6.14. The predicted octanol–water partition coefficient (Wildman–Crippen LogP) is 2.84. The number of benzene rings is 1. The lowest BCUT2D eigenvalue weighted by Gasteiger charge is -2.09. The van der Waals surface area contributed by atoms with Crippen LogP contribution in [0.4, 0.5) is 11.4 Å². The highest BCUT2D eigenvalue weighted by atomic mass is 32.1. The fourth-order valence-corrected chi connectivity index (χ4v) is 2.69. The van der Waals surface area contributed by atoms with Crippen LogP contribution in [0.3, 0.4) is 0 Å². The lowest BCUT2D eigenvalue weighted by Crippen LogP contribution is -2.13. The average molecular weight is 290 g/mol. The summed E-state index contributed by atoms with van der Waals surface area (Å²) in [7, 11) is 0. The maximum Gasteiger partial charge on any atom is 0.335 e. The Kier molecular flexibility index (Phi) is 4.05. The lowest BCUT2D eigenvalue weighted by molar-refractivity contribution is 0.0697. The minimum Gasteiger partial charge on any atom is -0.478 e. The van der Waals surface area contributed by atoms with Gasteiger partial charge in [0.05, 0.1) is 21.8 Å².